The van der Waals surface area contributed by atoms with Crippen LogP contribution in [-0.2, 0) is 105 Å². The molecule has 39 heteroatoms. The van der Waals surface area contributed by atoms with Gasteiger partial charge in [-0.3, -0.25) is 20.0 Å². The zero-order valence-corrected chi connectivity index (χ0v) is 72.8. The summed E-state index contributed by atoms with van der Waals surface area (Å²) in [5.41, 5.74) is 14.9. The third kappa shape index (κ3) is 18.2. The van der Waals surface area contributed by atoms with Crippen LogP contribution in [0, 0.1) is 27.7 Å². The third-order valence-electron chi connectivity index (χ3n) is 17.4. The number of phenols is 2. The van der Waals surface area contributed by atoms with E-state index in [1.165, 1.54) is 24.8 Å². The summed E-state index contributed by atoms with van der Waals surface area (Å²) in [7, 11) is 0. The third-order valence-corrected chi connectivity index (χ3v) is 17.4. The number of fused-ring (bicyclic) bond motifs is 36. The van der Waals surface area contributed by atoms with Crippen molar-refractivity contribution in [2.45, 2.75) is 27.7 Å². The number of aromatic hydroxyl groups is 2. The quantitative estimate of drug-likeness (QED) is 0.143. The van der Waals surface area contributed by atoms with E-state index in [0.29, 0.717) is 161 Å². The van der Waals surface area contributed by atoms with Crippen molar-refractivity contribution in [2.75, 3.05) is 0 Å². The summed E-state index contributed by atoms with van der Waals surface area (Å²) in [4.78, 5) is 139. The van der Waals surface area contributed by atoms with Crippen LogP contribution in [0.15, 0.2) is 261 Å². The van der Waals surface area contributed by atoms with Gasteiger partial charge in [-0.15, -0.1) is 22.8 Å². The Morgan fingerprint density at radius 3 is 1.11 bits per heavy atom. The molecule has 0 aliphatic carbocycles. The van der Waals surface area contributed by atoms with Gasteiger partial charge in [0.1, 0.15) is 45.9 Å². The van der Waals surface area contributed by atoms with Gasteiger partial charge >= 0.3 is 84.3 Å². The van der Waals surface area contributed by atoms with Gasteiger partial charge in [-0.2, -0.15) is 0 Å². The number of aromatic nitrogens is 16. The molecule has 0 radical (unpaired) electrons. The van der Waals surface area contributed by atoms with Crippen molar-refractivity contribution in [2.24, 2.45) is 79.9 Å². The minimum Gasteiger partial charge on any atom is -0.656 e. The first-order valence-electron chi connectivity index (χ1n) is 34.9. The van der Waals surface area contributed by atoms with E-state index in [4.69, 9.17) is 0 Å². The summed E-state index contributed by atoms with van der Waals surface area (Å²) in [5.74, 6) is 8.59. The van der Waals surface area contributed by atoms with Crippen molar-refractivity contribution in [3.05, 3.63) is 273 Å². The zero-order valence-electron chi connectivity index (χ0n) is 61.4. The number of benzene rings is 2. The Bertz CT molecular complexity index is 5900. The van der Waals surface area contributed by atoms with Crippen LogP contribution in [0.3, 0.4) is 0 Å². The van der Waals surface area contributed by atoms with Gasteiger partial charge in [-0.05, 0) is 160 Å². The number of hydrogen-bond acceptors (Lipinski definition) is 26. The molecule has 0 amide bonds. The molecule has 21 heterocycles. The Hall–Kier alpha value is -13.2. The van der Waals surface area contributed by atoms with Crippen LogP contribution >= 0.6 is 0 Å². The van der Waals surface area contributed by atoms with Gasteiger partial charge in [0.25, 0.3) is 0 Å². The first kappa shape index (κ1) is 82.3. The van der Waals surface area contributed by atoms with Gasteiger partial charge in [0.2, 0.25) is 0 Å². The van der Waals surface area contributed by atoms with E-state index in [0.717, 1.165) is 68.4 Å². The molecule has 11 aromatic rings. The Morgan fingerprint density at radius 1 is 0.286 bits per heavy atom. The van der Waals surface area contributed by atoms with E-state index in [1.807, 2.05) is 121 Å². The van der Waals surface area contributed by atoms with Crippen molar-refractivity contribution in [3.8, 4) is 11.5 Å². The van der Waals surface area contributed by atoms with E-state index in [-0.39, 0.29) is 117 Å². The fourth-order valence-electron chi connectivity index (χ4n) is 12.3. The van der Waals surface area contributed by atoms with Crippen molar-refractivity contribution in [1.29, 1.82) is 0 Å². The van der Waals surface area contributed by atoms with Crippen LogP contribution in [0.4, 0.5) is 23.3 Å². The number of amidine groups is 8. The Balaban J connectivity index is 0.000000121. The molecule has 119 heavy (non-hydrogen) atoms. The zero-order chi connectivity index (χ0) is 76.9. The fraction of sp³-hybridized carbons (Fsp3) is 0.0500. The van der Waals surface area contributed by atoms with Gasteiger partial charge in [-0.25, -0.2) is 59.9 Å². The summed E-state index contributed by atoms with van der Waals surface area (Å²) in [6, 6.07) is 26.0. The van der Waals surface area contributed by atoms with Gasteiger partial charge in [0, 0.05) is 54.9 Å². The summed E-state index contributed by atoms with van der Waals surface area (Å²) in [5, 5.41) is 22.3. The van der Waals surface area contributed by atoms with Crippen LogP contribution in [0.1, 0.15) is 91.9 Å². The van der Waals surface area contributed by atoms with Crippen molar-refractivity contribution >= 4 is 164 Å². The van der Waals surface area contributed by atoms with Crippen molar-refractivity contribution in [3.63, 3.8) is 0 Å². The maximum atomic E-state index is 10.6. The number of phenolic OH excluding ortho intramolecular Hbond substituents is 2. The van der Waals surface area contributed by atoms with Crippen LogP contribution in [-0.4, -0.2) is 144 Å². The number of aryl methyl sites for hydroxylation is 4. The molecule has 2 N–H and O–H groups in total. The molecule has 0 atom stereocenters. The summed E-state index contributed by atoms with van der Waals surface area (Å²) in [6.45, 7) is 7.06. The van der Waals surface area contributed by atoms with Crippen LogP contribution in [0.5, 0.6) is 11.5 Å². The topological polar surface area (TPSA) is 454 Å². The SMILES string of the molecule is C1=CC2=NC1=Cc1ccc([n-]1)C1=NC(=Cc3ccc2[n-]3)C=C1.C1=CC2=NC1=Nc1ccc([n-]1)C1=NC(=Nc3ccc2[n-]3)C=C1.C1=NC2=NC1=Cc1cnc([n-]1)C1=NC(=Cc3cnc2[n-]3)C=N1.C1=NC2=NC1=Nc1cnc([n-]1)C1=NC(=Nc3cnc2[n-]3)C=N1.Cc1nc(C)c2cccc(nc(C)nc(C)c3cccc(n1)c3O)c2O.[Pt+2].[Pt+2].[Pt+2].[Pt+2].[Pt]. The smallest absolute Gasteiger partial charge is 0.656 e. The summed E-state index contributed by atoms with van der Waals surface area (Å²) < 4.78 is 0. The van der Waals surface area contributed by atoms with Gasteiger partial charge in [0.15, 0.2) is 23.3 Å². The predicted octanol–water partition coefficient (Wildman–Crippen LogP) is 8.97. The number of nitrogens with zero attached hydrogens (tertiary/aromatic N) is 32. The number of rotatable bonds is 0. The minimum absolute atomic E-state index is 0. The summed E-state index contributed by atoms with van der Waals surface area (Å²) in [6.07, 6.45) is 35.7. The second kappa shape index (κ2) is 35.3. The van der Waals surface area contributed by atoms with E-state index < -0.39 is 0 Å². The van der Waals surface area contributed by atoms with Gasteiger partial charge in [-0.1, -0.05) is 96.8 Å². The fourth-order valence-corrected chi connectivity index (χ4v) is 12.3. The van der Waals surface area contributed by atoms with E-state index in [9.17, 15) is 10.2 Å². The molecule has 34 nitrogen and oxygen atoms in total. The van der Waals surface area contributed by atoms with E-state index in [2.05, 4.69) is 160 Å². The molecular formula is C80H48N32O2Pt5. The molecular weight excluding hydrogens is 2420 g/mol. The summed E-state index contributed by atoms with van der Waals surface area (Å²) >= 11 is 0. The average Bonchev–Trinajstić information content (AvgIpc) is 1.66. The Morgan fingerprint density at radius 2 is 0.655 bits per heavy atom. The Kier molecular flexibility index (Phi) is 24.4. The molecule has 36 bridgehead atoms. The van der Waals surface area contributed by atoms with Crippen molar-refractivity contribution < 1.29 is 116 Å². The van der Waals surface area contributed by atoms with Crippen molar-refractivity contribution in [1.82, 2.24) is 79.7 Å². The molecule has 590 valence electrons. The van der Waals surface area contributed by atoms with E-state index >= 15 is 0 Å². The molecule has 2 aromatic carbocycles. The van der Waals surface area contributed by atoms with E-state index in [1.54, 1.807) is 88.9 Å². The minimum atomic E-state index is 0. The van der Waals surface area contributed by atoms with Gasteiger partial charge in [0.05, 0.1) is 93.8 Å². The molecule has 12 aliphatic rings. The molecule has 23 rings (SSSR count). The second-order valence-electron chi connectivity index (χ2n) is 25.5. The maximum Gasteiger partial charge on any atom is 2.00 e. The molecule has 0 saturated carbocycles. The number of hydrogen-bond donors (Lipinski definition) is 2. The standard InChI is InChI=1S/C20H20N4O2.C18H10N4.C16H8N6.C14H6N8.C12H4N10.5Pt/c1-11-15-7-5-9-17(19(15)25)24-14(4)22-12(2)16-8-6-10-18(20(16)26)23-13(3)21-11;1-5-15-16-6-3-13(21-16)10-14-4-8-18(22-14)17-7-2-12(20-17)9-11(1)19-15;1-5-13-17-9(1)10-2-6-14(18-10)22-16-8-4-12(20-16)11-3-7-15(19-11)21-13;1-7-3-15-11(19-7)13-17-5-9(21-13)2-10-6-18-14(22-10)12-16-4-8(1)20-12;1-5-17-6-2-15-11(20-6)12-16-4-8(22-12)18-7-3-14-10(21-7)9(13-1)19-5;;;;;/h5-10,25-26H,1-4H3;1-10H;1-8H;1-6H;1-4H;;;;;/q;4*-2;;4*+2. The molecule has 9 aromatic heterocycles. The normalized spacial score (nSPS) is 15.5. The first-order chi connectivity index (χ1) is 55.7. The van der Waals surface area contributed by atoms with Crippen LogP contribution in [0.2, 0.25) is 0 Å². The van der Waals surface area contributed by atoms with Crippen LogP contribution in [0.25, 0.3) is 46.1 Å². The average molecular weight is 2460 g/mol. The first-order valence-corrected chi connectivity index (χ1v) is 34.9. The molecule has 0 unspecified atom stereocenters. The molecule has 0 fully saturated rings. The molecule has 12 aliphatic heterocycles. The number of allylic oxidation sites excluding steroid dienone is 8. The Labute approximate surface area is 744 Å². The maximum absolute atomic E-state index is 10.6. The second-order valence-corrected chi connectivity index (χ2v) is 25.5. The largest absolute Gasteiger partial charge is 2.00 e. The molecule has 0 spiro atoms. The predicted molar refractivity (Wildman–Crippen MR) is 434 cm³/mol. The van der Waals surface area contributed by atoms with Gasteiger partial charge < -0.3 is 90.0 Å². The number of aliphatic imine (C=N–C) groups is 16. The number of imidazole rings is 4. The van der Waals surface area contributed by atoms with Crippen LogP contribution < -0.4 is 39.9 Å². The number of para-hydroxylation sites is 2. The monoisotopic (exact) mass is 2460 g/mol. The molecule has 0 saturated heterocycles.